The molecule has 0 N–H and O–H groups in total. The second kappa shape index (κ2) is 5.47. The molecule has 17 heavy (non-hydrogen) atoms. The first-order valence-corrected chi connectivity index (χ1v) is 6.17. The van der Waals surface area contributed by atoms with E-state index in [2.05, 4.69) is 14.5 Å². The number of hydrogen-bond acceptors (Lipinski definition) is 3. The number of halogens is 1. The van der Waals surface area contributed by atoms with E-state index in [0.29, 0.717) is 5.88 Å². The number of methoxy groups -OCH3 is 1. The number of alkyl halides is 1. The molecule has 4 nitrogen and oxygen atoms in total. The minimum Gasteiger partial charge on any atom is -0.385 e. The lowest BCUT2D eigenvalue weighted by Crippen LogP contribution is -2.06. The van der Waals surface area contributed by atoms with E-state index in [1.54, 1.807) is 7.11 Å². The predicted molar refractivity (Wildman–Crippen MR) is 68.3 cm³/mol. The van der Waals surface area contributed by atoms with Crippen LogP contribution in [0.15, 0.2) is 12.1 Å². The minimum atomic E-state index is 0.405. The smallest absolute Gasteiger partial charge is 0.160 e. The molecule has 0 bridgehead atoms. The van der Waals surface area contributed by atoms with Crippen LogP contribution in [0.4, 0.5) is 0 Å². The predicted octanol–water partition coefficient (Wildman–Crippen LogP) is 2.52. The SMILES string of the molecule is COCCCn1c(CCl)nc2ccc(C)nc21. The first-order chi connectivity index (χ1) is 8.26. The molecule has 0 fully saturated rings. The van der Waals surface area contributed by atoms with E-state index in [9.17, 15) is 0 Å². The average molecular weight is 254 g/mol. The standard InChI is InChI=1S/C12H16ClN3O/c1-9-4-5-10-12(14-9)16(6-3-7-17-2)11(8-13)15-10/h4-5H,3,6-8H2,1-2H3. The van der Waals surface area contributed by atoms with E-state index in [0.717, 1.165) is 42.3 Å². The van der Waals surface area contributed by atoms with Crippen LogP contribution in [0.1, 0.15) is 17.9 Å². The molecule has 0 radical (unpaired) electrons. The van der Waals surface area contributed by atoms with Crippen molar-refractivity contribution in [1.82, 2.24) is 14.5 Å². The third kappa shape index (κ3) is 2.58. The van der Waals surface area contributed by atoms with Crippen LogP contribution in [0.5, 0.6) is 0 Å². The molecule has 0 saturated heterocycles. The molecule has 0 unspecified atom stereocenters. The maximum absolute atomic E-state index is 5.91. The molecule has 2 rings (SSSR count). The highest BCUT2D eigenvalue weighted by atomic mass is 35.5. The fourth-order valence-corrected chi connectivity index (χ4v) is 2.05. The molecule has 0 aromatic carbocycles. The zero-order chi connectivity index (χ0) is 12.3. The number of aromatic nitrogens is 3. The molecular weight excluding hydrogens is 238 g/mol. The van der Waals surface area contributed by atoms with Gasteiger partial charge in [-0.3, -0.25) is 0 Å². The number of aryl methyl sites for hydroxylation is 2. The Kier molecular flexibility index (Phi) is 3.97. The number of hydrogen-bond donors (Lipinski definition) is 0. The summed E-state index contributed by atoms with van der Waals surface area (Å²) in [5.41, 5.74) is 2.81. The molecule has 2 aromatic heterocycles. The molecule has 5 heteroatoms. The lowest BCUT2D eigenvalue weighted by molar-refractivity contribution is 0.190. The van der Waals surface area contributed by atoms with Crippen LogP contribution < -0.4 is 0 Å². The van der Waals surface area contributed by atoms with Crippen LogP contribution >= 0.6 is 11.6 Å². The summed E-state index contributed by atoms with van der Waals surface area (Å²) in [7, 11) is 1.71. The van der Waals surface area contributed by atoms with Crippen molar-refractivity contribution in [2.45, 2.75) is 25.8 Å². The molecule has 0 aliphatic heterocycles. The number of nitrogens with zero attached hydrogens (tertiary/aromatic N) is 3. The zero-order valence-corrected chi connectivity index (χ0v) is 10.9. The molecule has 0 aliphatic rings. The number of ether oxygens (including phenoxy) is 1. The number of pyridine rings is 1. The Labute approximate surface area is 106 Å². The average Bonchev–Trinajstić information content (AvgIpc) is 2.67. The Morgan fingerprint density at radius 2 is 2.18 bits per heavy atom. The van der Waals surface area contributed by atoms with Gasteiger partial charge in [0.15, 0.2) is 5.65 Å². The van der Waals surface area contributed by atoms with Crippen molar-refractivity contribution in [3.05, 3.63) is 23.7 Å². The summed E-state index contributed by atoms with van der Waals surface area (Å²) < 4.78 is 7.14. The Morgan fingerprint density at radius 3 is 2.88 bits per heavy atom. The van der Waals surface area contributed by atoms with E-state index in [4.69, 9.17) is 16.3 Å². The maximum atomic E-state index is 5.91. The highest BCUT2D eigenvalue weighted by molar-refractivity contribution is 6.16. The topological polar surface area (TPSA) is 39.9 Å². The van der Waals surface area contributed by atoms with Gasteiger partial charge in [0.1, 0.15) is 11.3 Å². The molecule has 0 aliphatic carbocycles. The van der Waals surface area contributed by atoms with Gasteiger partial charge in [0, 0.05) is 26.0 Å². The lowest BCUT2D eigenvalue weighted by Gasteiger charge is -2.06. The van der Waals surface area contributed by atoms with E-state index in [-0.39, 0.29) is 0 Å². The van der Waals surface area contributed by atoms with Gasteiger partial charge in [0.2, 0.25) is 0 Å². The van der Waals surface area contributed by atoms with Crippen LogP contribution in [0.2, 0.25) is 0 Å². The summed E-state index contributed by atoms with van der Waals surface area (Å²) in [5, 5.41) is 0. The fraction of sp³-hybridized carbons (Fsp3) is 0.500. The van der Waals surface area contributed by atoms with Gasteiger partial charge in [-0.15, -0.1) is 11.6 Å². The van der Waals surface area contributed by atoms with Gasteiger partial charge < -0.3 is 9.30 Å². The highest BCUT2D eigenvalue weighted by Crippen LogP contribution is 2.16. The fourth-order valence-electron chi connectivity index (χ4n) is 1.85. The van der Waals surface area contributed by atoms with Crippen LogP contribution in [-0.2, 0) is 17.2 Å². The summed E-state index contributed by atoms with van der Waals surface area (Å²) in [5.74, 6) is 1.28. The van der Waals surface area contributed by atoms with Crippen LogP contribution in [0.3, 0.4) is 0 Å². The van der Waals surface area contributed by atoms with E-state index < -0.39 is 0 Å². The number of fused-ring (bicyclic) bond motifs is 1. The zero-order valence-electron chi connectivity index (χ0n) is 10.1. The van der Waals surface area contributed by atoms with Crippen molar-refractivity contribution < 1.29 is 4.74 Å². The van der Waals surface area contributed by atoms with Crippen LogP contribution in [0.25, 0.3) is 11.2 Å². The Hall–Kier alpha value is -1.13. The van der Waals surface area contributed by atoms with Crippen molar-refractivity contribution in [1.29, 1.82) is 0 Å². The normalized spacial score (nSPS) is 11.2. The van der Waals surface area contributed by atoms with E-state index in [1.807, 2.05) is 19.1 Å². The molecule has 0 amide bonds. The van der Waals surface area contributed by atoms with Gasteiger partial charge in [0.25, 0.3) is 0 Å². The van der Waals surface area contributed by atoms with Crippen molar-refractivity contribution >= 4 is 22.8 Å². The highest BCUT2D eigenvalue weighted by Gasteiger charge is 2.10. The number of rotatable bonds is 5. The van der Waals surface area contributed by atoms with E-state index in [1.165, 1.54) is 0 Å². The lowest BCUT2D eigenvalue weighted by atomic mass is 10.3. The quantitative estimate of drug-likeness (QED) is 0.607. The summed E-state index contributed by atoms with van der Waals surface area (Å²) in [6.45, 7) is 3.54. The van der Waals surface area contributed by atoms with Gasteiger partial charge in [-0.1, -0.05) is 0 Å². The first kappa shape index (κ1) is 12.3. The van der Waals surface area contributed by atoms with Gasteiger partial charge in [0.05, 0.1) is 5.88 Å². The summed E-state index contributed by atoms with van der Waals surface area (Å²) in [4.78, 5) is 9.00. The maximum Gasteiger partial charge on any atom is 0.160 e. The molecule has 0 spiro atoms. The largest absolute Gasteiger partial charge is 0.385 e. The summed E-state index contributed by atoms with van der Waals surface area (Å²) >= 11 is 5.91. The summed E-state index contributed by atoms with van der Waals surface area (Å²) in [6, 6.07) is 3.95. The minimum absolute atomic E-state index is 0.405. The van der Waals surface area contributed by atoms with Gasteiger partial charge in [-0.05, 0) is 25.5 Å². The van der Waals surface area contributed by atoms with Gasteiger partial charge in [-0.25, -0.2) is 9.97 Å². The van der Waals surface area contributed by atoms with E-state index >= 15 is 0 Å². The van der Waals surface area contributed by atoms with Crippen molar-refractivity contribution in [2.24, 2.45) is 0 Å². The second-order valence-corrected chi connectivity index (χ2v) is 4.22. The number of imidazole rings is 1. The van der Waals surface area contributed by atoms with Crippen molar-refractivity contribution in [2.75, 3.05) is 13.7 Å². The first-order valence-electron chi connectivity index (χ1n) is 5.64. The van der Waals surface area contributed by atoms with Crippen LogP contribution in [-0.4, -0.2) is 28.3 Å². The summed E-state index contributed by atoms with van der Waals surface area (Å²) in [6.07, 6.45) is 0.932. The van der Waals surface area contributed by atoms with Crippen molar-refractivity contribution in [3.8, 4) is 0 Å². The third-order valence-corrected chi connectivity index (χ3v) is 2.90. The van der Waals surface area contributed by atoms with Crippen molar-refractivity contribution in [3.63, 3.8) is 0 Å². The molecule has 92 valence electrons. The van der Waals surface area contributed by atoms with Crippen LogP contribution in [0, 0.1) is 6.92 Å². The van der Waals surface area contributed by atoms with Gasteiger partial charge >= 0.3 is 0 Å². The third-order valence-electron chi connectivity index (χ3n) is 2.66. The second-order valence-electron chi connectivity index (χ2n) is 3.96. The molecule has 0 saturated carbocycles. The molecule has 2 aromatic rings. The Balaban J connectivity index is 2.38. The Bertz CT molecular complexity index is 510. The Morgan fingerprint density at radius 1 is 1.35 bits per heavy atom. The monoisotopic (exact) mass is 253 g/mol. The molecule has 2 heterocycles. The van der Waals surface area contributed by atoms with Gasteiger partial charge in [-0.2, -0.15) is 0 Å². The molecular formula is C12H16ClN3O. The molecule has 0 atom stereocenters.